The van der Waals surface area contributed by atoms with Crippen LogP contribution in [0.2, 0.25) is 0 Å². The average molecular weight is 269 g/mol. The number of anilines is 1. The van der Waals surface area contributed by atoms with Gasteiger partial charge in [0.05, 0.1) is 5.69 Å². The molecule has 2 rings (SSSR count). The largest absolute Gasteiger partial charge is 0.324 e. The van der Waals surface area contributed by atoms with Gasteiger partial charge in [0, 0.05) is 5.69 Å². The summed E-state index contributed by atoms with van der Waals surface area (Å²) in [5, 5.41) is 19.1. The van der Waals surface area contributed by atoms with E-state index in [4.69, 9.17) is 5.26 Å². The number of carbonyl (C=O) groups is 1. The van der Waals surface area contributed by atoms with Gasteiger partial charge in [0.1, 0.15) is 12.6 Å². The minimum absolute atomic E-state index is 0.0352. The fourth-order valence-corrected chi connectivity index (χ4v) is 1.77. The summed E-state index contributed by atoms with van der Waals surface area (Å²) in [7, 11) is 0. The average Bonchev–Trinajstić information content (AvgIpc) is 2.75. The third kappa shape index (κ3) is 2.83. The highest BCUT2D eigenvalue weighted by atomic mass is 16.2. The molecule has 1 aromatic heterocycles. The summed E-state index contributed by atoms with van der Waals surface area (Å²) in [6.45, 7) is 5.75. The third-order valence-corrected chi connectivity index (χ3v) is 3.17. The highest BCUT2D eigenvalue weighted by Crippen LogP contribution is 2.14. The van der Waals surface area contributed by atoms with Gasteiger partial charge in [-0.15, -0.1) is 5.10 Å². The lowest BCUT2D eigenvalue weighted by molar-refractivity contribution is -0.117. The molecular weight excluding hydrogens is 254 g/mol. The van der Waals surface area contributed by atoms with Crippen LogP contribution in [0.5, 0.6) is 0 Å². The number of aromatic nitrogens is 3. The van der Waals surface area contributed by atoms with Crippen LogP contribution >= 0.6 is 0 Å². The number of nitrogens with one attached hydrogen (secondary N) is 1. The molecule has 0 fully saturated rings. The van der Waals surface area contributed by atoms with E-state index in [0.717, 1.165) is 11.3 Å². The number of carbonyl (C=O) groups excluding carboxylic acids is 1. The quantitative estimate of drug-likeness (QED) is 0.919. The molecule has 1 aromatic carbocycles. The first-order valence-electron chi connectivity index (χ1n) is 6.18. The zero-order chi connectivity index (χ0) is 14.7. The molecule has 0 saturated carbocycles. The summed E-state index contributed by atoms with van der Waals surface area (Å²) in [6.07, 6.45) is 0. The molecule has 0 radical (unpaired) electrons. The van der Waals surface area contributed by atoms with Crippen molar-refractivity contribution in [3.05, 3.63) is 40.7 Å². The lowest BCUT2D eigenvalue weighted by Gasteiger charge is -2.08. The van der Waals surface area contributed by atoms with E-state index in [9.17, 15) is 4.79 Å². The molecule has 20 heavy (non-hydrogen) atoms. The summed E-state index contributed by atoms with van der Waals surface area (Å²) < 4.78 is 1.41. The number of aryl methyl sites for hydroxylation is 2. The second kappa shape index (κ2) is 5.53. The fourth-order valence-electron chi connectivity index (χ4n) is 1.77. The van der Waals surface area contributed by atoms with Crippen molar-refractivity contribution in [2.75, 3.05) is 5.32 Å². The molecule has 0 atom stereocenters. The maximum atomic E-state index is 11.9. The zero-order valence-corrected chi connectivity index (χ0v) is 11.6. The van der Waals surface area contributed by atoms with E-state index in [0.29, 0.717) is 5.69 Å². The maximum absolute atomic E-state index is 11.9. The summed E-state index contributed by atoms with van der Waals surface area (Å²) >= 11 is 0. The van der Waals surface area contributed by atoms with E-state index in [1.807, 2.05) is 38.1 Å². The van der Waals surface area contributed by atoms with Crippen LogP contribution in [0.25, 0.3) is 0 Å². The van der Waals surface area contributed by atoms with Gasteiger partial charge in [-0.2, -0.15) is 5.26 Å². The Balaban J connectivity index is 2.07. The summed E-state index contributed by atoms with van der Waals surface area (Å²) in [4.78, 5) is 11.9. The summed E-state index contributed by atoms with van der Waals surface area (Å²) in [5.74, 6) is -0.203. The Hall–Kier alpha value is -2.68. The van der Waals surface area contributed by atoms with E-state index >= 15 is 0 Å². The van der Waals surface area contributed by atoms with Crippen LogP contribution in [-0.2, 0) is 11.3 Å². The van der Waals surface area contributed by atoms with Crippen molar-refractivity contribution in [1.82, 2.24) is 15.0 Å². The first-order valence-corrected chi connectivity index (χ1v) is 6.18. The number of amides is 1. The lowest BCUT2D eigenvalue weighted by Crippen LogP contribution is -2.20. The highest BCUT2D eigenvalue weighted by Gasteiger charge is 2.11. The number of benzene rings is 1. The van der Waals surface area contributed by atoms with Gasteiger partial charge in [0.15, 0.2) is 5.69 Å². The number of hydrogen-bond acceptors (Lipinski definition) is 4. The van der Waals surface area contributed by atoms with E-state index < -0.39 is 0 Å². The fraction of sp³-hybridized carbons (Fsp3) is 0.286. The van der Waals surface area contributed by atoms with Gasteiger partial charge in [-0.1, -0.05) is 11.3 Å². The zero-order valence-electron chi connectivity index (χ0n) is 11.6. The van der Waals surface area contributed by atoms with Gasteiger partial charge in [-0.05, 0) is 44.0 Å². The van der Waals surface area contributed by atoms with Crippen LogP contribution in [0.3, 0.4) is 0 Å². The molecule has 0 aliphatic carbocycles. The molecule has 1 amide bonds. The Morgan fingerprint density at radius 1 is 1.35 bits per heavy atom. The topological polar surface area (TPSA) is 83.6 Å². The smallest absolute Gasteiger partial charge is 0.246 e. The van der Waals surface area contributed by atoms with Gasteiger partial charge in [0.2, 0.25) is 5.91 Å². The van der Waals surface area contributed by atoms with Crippen LogP contribution in [0.1, 0.15) is 22.5 Å². The van der Waals surface area contributed by atoms with Gasteiger partial charge in [-0.3, -0.25) is 4.79 Å². The first kappa shape index (κ1) is 13.7. The number of nitrogens with zero attached hydrogens (tertiary/aromatic N) is 4. The van der Waals surface area contributed by atoms with Crippen molar-refractivity contribution in [2.24, 2.45) is 0 Å². The lowest BCUT2D eigenvalue weighted by atomic mass is 10.1. The van der Waals surface area contributed by atoms with Crippen molar-refractivity contribution in [3.8, 4) is 6.07 Å². The van der Waals surface area contributed by atoms with Gasteiger partial charge >= 0.3 is 0 Å². The molecule has 102 valence electrons. The van der Waals surface area contributed by atoms with E-state index in [1.54, 1.807) is 6.92 Å². The van der Waals surface area contributed by atoms with Crippen LogP contribution in [0.15, 0.2) is 18.2 Å². The predicted octanol–water partition coefficient (Wildman–Crippen LogP) is 1.71. The number of hydrogen-bond donors (Lipinski definition) is 1. The molecule has 6 heteroatoms. The summed E-state index contributed by atoms with van der Waals surface area (Å²) in [6, 6.07) is 7.66. The molecule has 1 N–H and O–H groups in total. The Kier molecular flexibility index (Phi) is 3.80. The van der Waals surface area contributed by atoms with E-state index in [-0.39, 0.29) is 18.1 Å². The minimum Gasteiger partial charge on any atom is -0.324 e. The summed E-state index contributed by atoms with van der Waals surface area (Å²) in [5.41, 5.74) is 3.86. The highest BCUT2D eigenvalue weighted by molar-refractivity contribution is 5.90. The predicted molar refractivity (Wildman–Crippen MR) is 74.0 cm³/mol. The van der Waals surface area contributed by atoms with Crippen molar-refractivity contribution >= 4 is 11.6 Å². The molecule has 2 aromatic rings. The Bertz CT molecular complexity index is 696. The normalized spacial score (nSPS) is 10.1. The molecule has 0 unspecified atom stereocenters. The Labute approximate surface area is 117 Å². The van der Waals surface area contributed by atoms with Gasteiger partial charge < -0.3 is 5.32 Å². The molecule has 0 bridgehead atoms. The van der Waals surface area contributed by atoms with Crippen LogP contribution in [-0.4, -0.2) is 20.9 Å². The second-order valence-electron chi connectivity index (χ2n) is 4.64. The molecule has 0 spiro atoms. The van der Waals surface area contributed by atoms with Crippen molar-refractivity contribution in [3.63, 3.8) is 0 Å². The monoisotopic (exact) mass is 269 g/mol. The van der Waals surface area contributed by atoms with Crippen LogP contribution in [0.4, 0.5) is 5.69 Å². The molecule has 0 saturated heterocycles. The van der Waals surface area contributed by atoms with Crippen LogP contribution in [0, 0.1) is 32.1 Å². The molecule has 0 aliphatic rings. The molecule has 6 nitrogen and oxygen atoms in total. The van der Waals surface area contributed by atoms with Crippen molar-refractivity contribution < 1.29 is 4.79 Å². The molecule has 0 aliphatic heterocycles. The Morgan fingerprint density at radius 2 is 2.10 bits per heavy atom. The maximum Gasteiger partial charge on any atom is 0.246 e. The molecular formula is C14H15N5O. The third-order valence-electron chi connectivity index (χ3n) is 3.17. The van der Waals surface area contributed by atoms with Crippen molar-refractivity contribution in [2.45, 2.75) is 27.3 Å². The SMILES string of the molecule is Cc1ccc(NC(=O)Cn2nnc(C#N)c2C)cc1C. The first-order chi connectivity index (χ1) is 9.51. The van der Waals surface area contributed by atoms with Crippen molar-refractivity contribution in [1.29, 1.82) is 5.26 Å². The number of rotatable bonds is 3. The van der Waals surface area contributed by atoms with E-state index in [1.165, 1.54) is 10.2 Å². The van der Waals surface area contributed by atoms with Gasteiger partial charge in [-0.25, -0.2) is 4.68 Å². The number of nitriles is 1. The second-order valence-corrected chi connectivity index (χ2v) is 4.64. The van der Waals surface area contributed by atoms with Gasteiger partial charge in [0.25, 0.3) is 0 Å². The molecule has 1 heterocycles. The standard InChI is InChI=1S/C14H15N5O/c1-9-4-5-12(6-10(9)2)16-14(20)8-19-11(3)13(7-15)17-18-19/h4-6H,8H2,1-3H3,(H,16,20). The minimum atomic E-state index is -0.203. The Morgan fingerprint density at radius 3 is 2.70 bits per heavy atom. The van der Waals surface area contributed by atoms with E-state index in [2.05, 4.69) is 15.6 Å². The van der Waals surface area contributed by atoms with Crippen LogP contribution < -0.4 is 5.32 Å².